The second kappa shape index (κ2) is 5.21. The second-order valence-corrected chi connectivity index (χ2v) is 6.46. The molecule has 1 atom stereocenters. The van der Waals surface area contributed by atoms with Gasteiger partial charge < -0.3 is 9.90 Å². The minimum absolute atomic E-state index is 0.0759. The Balaban J connectivity index is 2.34. The number of rotatable bonds is 2. The highest BCUT2D eigenvalue weighted by atomic mass is 16.3. The van der Waals surface area contributed by atoms with Crippen LogP contribution in [0.3, 0.4) is 0 Å². The summed E-state index contributed by atoms with van der Waals surface area (Å²) in [5.74, 6) is 0.158. The van der Waals surface area contributed by atoms with Gasteiger partial charge in [0.25, 0.3) is 0 Å². The first-order valence-corrected chi connectivity index (χ1v) is 6.89. The first-order chi connectivity index (χ1) is 9.76. The monoisotopic (exact) mass is 281 g/mol. The molecule has 0 spiro atoms. The molecule has 1 aromatic rings. The second-order valence-electron chi connectivity index (χ2n) is 6.46. The van der Waals surface area contributed by atoms with Gasteiger partial charge in [0.15, 0.2) is 5.78 Å². The number of carbonyl (C=O) groups is 1. The number of ketones is 1. The maximum Gasteiger partial charge on any atom is 0.226 e. The lowest BCUT2D eigenvalue weighted by Crippen LogP contribution is -2.35. The molecular formula is C18H19NO2. The van der Waals surface area contributed by atoms with Crippen LogP contribution in [0.2, 0.25) is 0 Å². The fraction of sp³-hybridized carbons (Fsp3) is 0.333. The summed E-state index contributed by atoms with van der Waals surface area (Å²) in [5, 5.41) is 9.28. The van der Waals surface area contributed by atoms with Crippen molar-refractivity contribution in [1.29, 1.82) is 0 Å². The van der Waals surface area contributed by atoms with Gasteiger partial charge in [-0.05, 0) is 29.5 Å². The largest absolute Gasteiger partial charge is 0.508 e. The van der Waals surface area contributed by atoms with E-state index >= 15 is 0 Å². The molecule has 1 aliphatic carbocycles. The van der Waals surface area contributed by atoms with E-state index in [1.165, 1.54) is 0 Å². The Morgan fingerprint density at radius 3 is 2.43 bits per heavy atom. The summed E-state index contributed by atoms with van der Waals surface area (Å²) >= 11 is 0. The van der Waals surface area contributed by atoms with Gasteiger partial charge >= 0.3 is 0 Å². The summed E-state index contributed by atoms with van der Waals surface area (Å²) < 4.78 is 0. The molecule has 21 heavy (non-hydrogen) atoms. The lowest BCUT2D eigenvalue weighted by atomic mass is 9.66. The number of nitrogens with zero attached hydrogens (tertiary/aromatic N) is 1. The van der Waals surface area contributed by atoms with Gasteiger partial charge in [-0.3, -0.25) is 0 Å². The van der Waals surface area contributed by atoms with Gasteiger partial charge in [0, 0.05) is 5.41 Å². The Labute approximate surface area is 125 Å². The summed E-state index contributed by atoms with van der Waals surface area (Å²) in [6.45, 7) is 13.0. The minimum Gasteiger partial charge on any atom is -0.508 e. The van der Waals surface area contributed by atoms with E-state index in [0.29, 0.717) is 6.42 Å². The van der Waals surface area contributed by atoms with Crippen LogP contribution in [0.4, 0.5) is 0 Å². The quantitative estimate of drug-likeness (QED) is 0.825. The van der Waals surface area contributed by atoms with Gasteiger partial charge in [-0.25, -0.2) is 4.85 Å². The van der Waals surface area contributed by atoms with Crippen molar-refractivity contribution in [2.75, 3.05) is 0 Å². The van der Waals surface area contributed by atoms with E-state index in [-0.39, 0.29) is 22.6 Å². The van der Waals surface area contributed by atoms with E-state index < -0.39 is 5.41 Å². The molecule has 0 aliphatic heterocycles. The number of aromatic hydroxyl groups is 1. The fourth-order valence-corrected chi connectivity index (χ4v) is 2.87. The highest BCUT2D eigenvalue weighted by molar-refractivity contribution is 6.02. The van der Waals surface area contributed by atoms with Gasteiger partial charge in [-0.15, -0.1) is 0 Å². The zero-order valence-electron chi connectivity index (χ0n) is 12.6. The van der Waals surface area contributed by atoms with Crippen molar-refractivity contribution in [1.82, 2.24) is 0 Å². The number of allylic oxidation sites excluding steroid dienone is 3. The van der Waals surface area contributed by atoms with E-state index in [9.17, 15) is 9.90 Å². The highest BCUT2D eigenvalue weighted by Crippen LogP contribution is 2.44. The molecule has 2 rings (SSSR count). The predicted octanol–water partition coefficient (Wildman–Crippen LogP) is 4.21. The van der Waals surface area contributed by atoms with Crippen LogP contribution in [0.1, 0.15) is 32.8 Å². The lowest BCUT2D eigenvalue weighted by molar-refractivity contribution is -0.124. The normalized spacial score (nSPS) is 24.7. The van der Waals surface area contributed by atoms with Gasteiger partial charge in [-0.2, -0.15) is 0 Å². The predicted molar refractivity (Wildman–Crippen MR) is 83.3 cm³/mol. The molecule has 3 nitrogen and oxygen atoms in total. The number of Topliss-reactive ketones (excluding diaryl/α,β-unsaturated/α-hetero) is 1. The summed E-state index contributed by atoms with van der Waals surface area (Å²) in [7, 11) is 0. The molecule has 0 fully saturated rings. The van der Waals surface area contributed by atoms with E-state index in [1.807, 2.05) is 45.1 Å². The van der Waals surface area contributed by atoms with Crippen LogP contribution >= 0.6 is 0 Å². The number of hydrogen-bond donors (Lipinski definition) is 1. The van der Waals surface area contributed by atoms with Crippen molar-refractivity contribution in [2.24, 2.45) is 10.8 Å². The molecule has 0 radical (unpaired) electrons. The standard InChI is InChI=1S/C18H19NO2/c1-17(2)12-18(3,11-15(19-4)16(17)21)10-9-13-5-7-14(20)8-6-13/h5-11,20H,12H2,1-3H3/t18-/m0/s1. The van der Waals surface area contributed by atoms with Gasteiger partial charge in [-0.1, -0.05) is 51.1 Å². The third-order valence-corrected chi connectivity index (χ3v) is 3.81. The van der Waals surface area contributed by atoms with Crippen LogP contribution in [-0.4, -0.2) is 10.9 Å². The maximum absolute atomic E-state index is 12.1. The number of carbonyl (C=O) groups excluding carboxylic acids is 1. The Hall–Kier alpha value is -2.34. The first-order valence-electron chi connectivity index (χ1n) is 6.89. The van der Waals surface area contributed by atoms with Crippen molar-refractivity contribution >= 4 is 11.9 Å². The Morgan fingerprint density at radius 1 is 1.24 bits per heavy atom. The number of phenols is 1. The van der Waals surface area contributed by atoms with E-state index in [1.54, 1.807) is 18.2 Å². The maximum atomic E-state index is 12.1. The molecule has 0 amide bonds. The fourth-order valence-electron chi connectivity index (χ4n) is 2.87. The van der Waals surface area contributed by atoms with Crippen LogP contribution in [0.15, 0.2) is 42.1 Å². The highest BCUT2D eigenvalue weighted by Gasteiger charge is 2.41. The Morgan fingerprint density at radius 2 is 1.86 bits per heavy atom. The SMILES string of the molecule is [C-]#[N+]C1=C[C@](C)(C=Cc2ccc(O)cc2)CC(C)(C)C1=O. The zero-order valence-corrected chi connectivity index (χ0v) is 12.6. The van der Waals surface area contributed by atoms with E-state index in [4.69, 9.17) is 6.57 Å². The number of benzene rings is 1. The number of phenolic OH excluding ortho intramolecular Hbond substituents is 1. The minimum atomic E-state index is -0.525. The average Bonchev–Trinajstić information content (AvgIpc) is 2.42. The number of hydrogen-bond acceptors (Lipinski definition) is 2. The molecule has 0 bridgehead atoms. The summed E-state index contributed by atoms with van der Waals surface area (Å²) in [6, 6.07) is 6.93. The van der Waals surface area contributed by atoms with Gasteiger partial charge in [0.05, 0.1) is 6.57 Å². The topological polar surface area (TPSA) is 41.7 Å². The van der Waals surface area contributed by atoms with Crippen molar-refractivity contribution in [2.45, 2.75) is 27.2 Å². The molecule has 0 aromatic heterocycles. The molecule has 0 heterocycles. The molecule has 3 heteroatoms. The average molecular weight is 281 g/mol. The summed E-state index contributed by atoms with van der Waals surface area (Å²) in [5.41, 5.74) is 0.350. The lowest BCUT2D eigenvalue weighted by Gasteiger charge is -2.37. The molecule has 1 N–H and O–H groups in total. The first kappa shape index (κ1) is 15.1. The molecule has 108 valence electrons. The third-order valence-electron chi connectivity index (χ3n) is 3.81. The Bertz CT molecular complexity index is 659. The van der Waals surface area contributed by atoms with E-state index in [2.05, 4.69) is 4.85 Å². The summed E-state index contributed by atoms with van der Waals surface area (Å²) in [4.78, 5) is 15.5. The molecule has 0 unspecified atom stereocenters. The Kier molecular flexibility index (Phi) is 3.74. The van der Waals surface area contributed by atoms with Crippen LogP contribution in [0.5, 0.6) is 5.75 Å². The molecule has 1 aliphatic rings. The smallest absolute Gasteiger partial charge is 0.226 e. The van der Waals surface area contributed by atoms with Gasteiger partial charge in [0.2, 0.25) is 5.70 Å². The molecular weight excluding hydrogens is 262 g/mol. The molecule has 0 saturated heterocycles. The van der Waals surface area contributed by atoms with Crippen LogP contribution < -0.4 is 0 Å². The van der Waals surface area contributed by atoms with Crippen molar-refractivity contribution < 1.29 is 9.90 Å². The molecule has 0 saturated carbocycles. The van der Waals surface area contributed by atoms with Crippen molar-refractivity contribution in [3.8, 4) is 5.75 Å². The summed E-state index contributed by atoms with van der Waals surface area (Å²) in [6.07, 6.45) is 6.43. The van der Waals surface area contributed by atoms with Crippen LogP contribution in [0.25, 0.3) is 10.9 Å². The van der Waals surface area contributed by atoms with Crippen LogP contribution in [0, 0.1) is 17.4 Å². The van der Waals surface area contributed by atoms with E-state index in [0.717, 1.165) is 5.56 Å². The molecule has 1 aromatic carbocycles. The van der Waals surface area contributed by atoms with Crippen molar-refractivity contribution in [3.05, 3.63) is 59.1 Å². The third kappa shape index (κ3) is 3.22. The van der Waals surface area contributed by atoms with Crippen molar-refractivity contribution in [3.63, 3.8) is 0 Å². The van der Waals surface area contributed by atoms with Gasteiger partial charge in [0.1, 0.15) is 5.75 Å². The van der Waals surface area contributed by atoms with Crippen LogP contribution in [-0.2, 0) is 4.79 Å². The zero-order chi connectivity index (χ0) is 15.7.